The molecular weight excluding hydrogens is 184 g/mol. The van der Waals surface area contributed by atoms with Crippen molar-refractivity contribution in [3.63, 3.8) is 0 Å². The molecule has 0 aliphatic carbocycles. The third-order valence-corrected chi connectivity index (χ3v) is 2.34. The fourth-order valence-electron chi connectivity index (χ4n) is 1.55. The Balaban J connectivity index is 2.24. The Bertz CT molecular complexity index is 190. The smallest absolute Gasteiger partial charge is 0.213 e. The van der Waals surface area contributed by atoms with Crippen LogP contribution in [0, 0.1) is 0 Å². The van der Waals surface area contributed by atoms with Gasteiger partial charge < -0.3 is 26.3 Å². The Morgan fingerprint density at radius 3 is 2.64 bits per heavy atom. The molecule has 1 aliphatic heterocycles. The van der Waals surface area contributed by atoms with Crippen LogP contribution in [0.1, 0.15) is 12.8 Å². The normalized spacial score (nSPS) is 20.1. The van der Waals surface area contributed by atoms with E-state index in [-0.39, 0.29) is 12.7 Å². The Kier molecular flexibility index (Phi) is 4.48. The van der Waals surface area contributed by atoms with Gasteiger partial charge in [0.1, 0.15) is 0 Å². The average Bonchev–Trinajstić information content (AvgIpc) is 2.26. The van der Waals surface area contributed by atoms with E-state index in [0.717, 1.165) is 25.9 Å². The minimum atomic E-state index is 0.0760. The standard InChI is InChI=1S/C8H18N4O2/c9-8(11-10)12-3-1-7(2-4-12)14-6-5-13/h7,13H,1-6,10H2,(H2,9,11). The summed E-state index contributed by atoms with van der Waals surface area (Å²) in [5.74, 6) is 5.45. The van der Waals surface area contributed by atoms with Crippen LogP contribution in [0.15, 0.2) is 5.10 Å². The van der Waals surface area contributed by atoms with Crippen molar-refractivity contribution in [1.82, 2.24) is 4.90 Å². The van der Waals surface area contributed by atoms with Crippen LogP contribution in [0.4, 0.5) is 0 Å². The highest BCUT2D eigenvalue weighted by Crippen LogP contribution is 2.12. The number of likely N-dealkylation sites (tertiary alicyclic amines) is 1. The molecule has 0 bridgehead atoms. The van der Waals surface area contributed by atoms with E-state index in [4.69, 9.17) is 21.4 Å². The number of guanidine groups is 1. The summed E-state index contributed by atoms with van der Waals surface area (Å²) >= 11 is 0. The van der Waals surface area contributed by atoms with E-state index in [0.29, 0.717) is 12.6 Å². The first kappa shape index (κ1) is 11.1. The molecule has 6 nitrogen and oxygen atoms in total. The van der Waals surface area contributed by atoms with Gasteiger partial charge >= 0.3 is 0 Å². The molecule has 1 heterocycles. The second-order valence-corrected chi connectivity index (χ2v) is 3.27. The van der Waals surface area contributed by atoms with Crippen LogP contribution < -0.4 is 11.6 Å². The van der Waals surface area contributed by atoms with Gasteiger partial charge in [-0.15, -0.1) is 5.10 Å². The average molecular weight is 202 g/mol. The number of hydrazone groups is 1. The monoisotopic (exact) mass is 202 g/mol. The van der Waals surface area contributed by atoms with Crippen molar-refractivity contribution in [2.24, 2.45) is 16.7 Å². The van der Waals surface area contributed by atoms with Gasteiger partial charge in [0, 0.05) is 13.1 Å². The molecule has 0 amide bonds. The second kappa shape index (κ2) is 5.66. The number of piperidine rings is 1. The van der Waals surface area contributed by atoms with Gasteiger partial charge in [0.2, 0.25) is 5.96 Å². The summed E-state index contributed by atoms with van der Waals surface area (Å²) < 4.78 is 5.41. The lowest BCUT2D eigenvalue weighted by Gasteiger charge is -2.32. The molecule has 0 radical (unpaired) electrons. The molecule has 1 aliphatic rings. The lowest BCUT2D eigenvalue weighted by Crippen LogP contribution is -2.45. The fourth-order valence-corrected chi connectivity index (χ4v) is 1.55. The summed E-state index contributed by atoms with van der Waals surface area (Å²) in [6.45, 7) is 2.10. The summed E-state index contributed by atoms with van der Waals surface area (Å²) in [6, 6.07) is 0. The van der Waals surface area contributed by atoms with Crippen LogP contribution in [0.2, 0.25) is 0 Å². The number of hydrogen-bond donors (Lipinski definition) is 3. The predicted molar refractivity (Wildman–Crippen MR) is 53.4 cm³/mol. The maximum absolute atomic E-state index is 8.58. The van der Waals surface area contributed by atoms with Crippen LogP contribution in [0.3, 0.4) is 0 Å². The van der Waals surface area contributed by atoms with Crippen LogP contribution in [-0.4, -0.2) is 48.4 Å². The zero-order valence-corrected chi connectivity index (χ0v) is 8.22. The maximum Gasteiger partial charge on any atom is 0.213 e. The van der Waals surface area contributed by atoms with E-state index in [1.54, 1.807) is 0 Å². The quantitative estimate of drug-likeness (QED) is 0.227. The van der Waals surface area contributed by atoms with Crippen molar-refractivity contribution >= 4 is 5.96 Å². The Labute approximate surface area is 83.5 Å². The molecule has 1 rings (SSSR count). The first-order chi connectivity index (χ1) is 6.77. The molecule has 0 aromatic rings. The molecule has 14 heavy (non-hydrogen) atoms. The van der Waals surface area contributed by atoms with E-state index in [1.807, 2.05) is 4.90 Å². The minimum absolute atomic E-state index is 0.0760. The zero-order valence-electron chi connectivity index (χ0n) is 8.22. The van der Waals surface area contributed by atoms with E-state index < -0.39 is 0 Å². The third-order valence-electron chi connectivity index (χ3n) is 2.34. The lowest BCUT2D eigenvalue weighted by atomic mass is 10.1. The van der Waals surface area contributed by atoms with Gasteiger partial charge in [-0.1, -0.05) is 0 Å². The van der Waals surface area contributed by atoms with E-state index >= 15 is 0 Å². The Morgan fingerprint density at radius 1 is 1.50 bits per heavy atom. The van der Waals surface area contributed by atoms with Gasteiger partial charge in [-0.3, -0.25) is 0 Å². The van der Waals surface area contributed by atoms with Crippen LogP contribution in [0.25, 0.3) is 0 Å². The topological polar surface area (TPSA) is 97.1 Å². The zero-order chi connectivity index (χ0) is 10.4. The molecule has 1 saturated heterocycles. The van der Waals surface area contributed by atoms with Crippen molar-refractivity contribution < 1.29 is 9.84 Å². The number of aliphatic hydroxyl groups is 1. The van der Waals surface area contributed by atoms with E-state index in [1.165, 1.54) is 0 Å². The summed E-state index contributed by atoms with van der Waals surface area (Å²) in [6.07, 6.45) is 2.02. The highest BCUT2D eigenvalue weighted by molar-refractivity contribution is 5.77. The van der Waals surface area contributed by atoms with Gasteiger partial charge in [0.15, 0.2) is 0 Å². The number of ether oxygens (including phenoxy) is 1. The maximum atomic E-state index is 8.58. The van der Waals surface area contributed by atoms with E-state index in [2.05, 4.69) is 5.10 Å². The molecular formula is C8H18N4O2. The molecule has 1 fully saturated rings. The van der Waals surface area contributed by atoms with Gasteiger partial charge in [0.25, 0.3) is 0 Å². The largest absolute Gasteiger partial charge is 0.394 e. The number of hydrogen-bond acceptors (Lipinski definition) is 4. The predicted octanol–water partition coefficient (Wildman–Crippen LogP) is -1.35. The molecule has 0 spiro atoms. The van der Waals surface area contributed by atoms with Crippen LogP contribution in [-0.2, 0) is 4.74 Å². The summed E-state index contributed by atoms with van der Waals surface area (Å²) in [4.78, 5) is 1.93. The first-order valence-electron chi connectivity index (χ1n) is 4.78. The SMILES string of the molecule is NN=C(N)N1CCC(OCCO)CC1. The summed E-state index contributed by atoms with van der Waals surface area (Å²) in [5.41, 5.74) is 5.56. The van der Waals surface area contributed by atoms with Crippen molar-refractivity contribution in [3.8, 4) is 0 Å². The fraction of sp³-hybridized carbons (Fsp3) is 0.875. The molecule has 0 unspecified atom stereocenters. The first-order valence-corrected chi connectivity index (χ1v) is 4.78. The highest BCUT2D eigenvalue weighted by atomic mass is 16.5. The second-order valence-electron chi connectivity index (χ2n) is 3.27. The summed E-state index contributed by atoms with van der Waals surface area (Å²) in [5, 5.41) is 12.0. The van der Waals surface area contributed by atoms with Crippen LogP contribution >= 0.6 is 0 Å². The van der Waals surface area contributed by atoms with Crippen molar-refractivity contribution in [3.05, 3.63) is 0 Å². The van der Waals surface area contributed by atoms with Crippen LogP contribution in [0.5, 0.6) is 0 Å². The molecule has 0 aromatic carbocycles. The van der Waals surface area contributed by atoms with Crippen molar-refractivity contribution in [1.29, 1.82) is 0 Å². The van der Waals surface area contributed by atoms with Crippen molar-refractivity contribution in [2.75, 3.05) is 26.3 Å². The molecule has 0 atom stereocenters. The number of nitrogens with zero attached hydrogens (tertiary/aromatic N) is 2. The van der Waals surface area contributed by atoms with Gasteiger partial charge in [-0.25, -0.2) is 0 Å². The molecule has 6 heteroatoms. The molecule has 0 aromatic heterocycles. The van der Waals surface area contributed by atoms with Gasteiger partial charge in [0.05, 0.1) is 19.3 Å². The molecule has 5 N–H and O–H groups in total. The number of aliphatic hydroxyl groups excluding tert-OH is 1. The Hall–Kier alpha value is -1.01. The summed E-state index contributed by atoms with van der Waals surface area (Å²) in [7, 11) is 0. The molecule has 82 valence electrons. The Morgan fingerprint density at radius 2 is 2.14 bits per heavy atom. The van der Waals surface area contributed by atoms with E-state index in [9.17, 15) is 0 Å². The lowest BCUT2D eigenvalue weighted by molar-refractivity contribution is 0.00147. The number of rotatable bonds is 3. The van der Waals surface area contributed by atoms with Gasteiger partial charge in [-0.2, -0.15) is 0 Å². The minimum Gasteiger partial charge on any atom is -0.394 e. The van der Waals surface area contributed by atoms with Gasteiger partial charge in [-0.05, 0) is 12.8 Å². The van der Waals surface area contributed by atoms with Crippen molar-refractivity contribution in [2.45, 2.75) is 18.9 Å². The third kappa shape index (κ3) is 3.04. The highest BCUT2D eigenvalue weighted by Gasteiger charge is 2.20. The molecule has 0 saturated carbocycles. The number of nitrogens with two attached hydrogens (primary N) is 2.